The van der Waals surface area contributed by atoms with Crippen LogP contribution in [0, 0.1) is 0 Å². The summed E-state index contributed by atoms with van der Waals surface area (Å²) in [6.45, 7) is 0. The number of carbonyl (C=O) groups is 1. The summed E-state index contributed by atoms with van der Waals surface area (Å²) in [5.41, 5.74) is 1.91. The van der Waals surface area contributed by atoms with Gasteiger partial charge < -0.3 is 9.72 Å². The van der Waals surface area contributed by atoms with Crippen molar-refractivity contribution >= 4 is 28.6 Å². The number of nitrogens with zero attached hydrogens (tertiary/aromatic N) is 1. The Balaban J connectivity index is 1.27. The Morgan fingerprint density at radius 2 is 2.08 bits per heavy atom. The van der Waals surface area contributed by atoms with Crippen molar-refractivity contribution in [1.82, 2.24) is 9.97 Å². The maximum Gasteiger partial charge on any atom is 0.310 e. The van der Waals surface area contributed by atoms with Gasteiger partial charge in [0.25, 0.3) is 0 Å². The molecule has 0 radical (unpaired) electrons. The molecule has 4 nitrogen and oxygen atoms in total. The minimum atomic E-state index is -0.152. The number of nitrogens with one attached hydrogen (secondary N) is 1. The zero-order chi connectivity index (χ0) is 16.4. The molecule has 1 saturated carbocycles. The summed E-state index contributed by atoms with van der Waals surface area (Å²) >= 11 is 1.87. The van der Waals surface area contributed by atoms with Crippen molar-refractivity contribution in [3.63, 3.8) is 0 Å². The SMILES string of the molecule is O=C(Cc1c[nH]c2cnccc12)OC1CC(Sc2ccccc2)C1. The lowest BCUT2D eigenvalue weighted by molar-refractivity contribution is -0.151. The largest absolute Gasteiger partial charge is 0.462 e. The number of H-pyrrole nitrogens is 1. The number of aromatic nitrogens is 2. The second-order valence-electron chi connectivity index (χ2n) is 6.05. The highest BCUT2D eigenvalue weighted by Gasteiger charge is 2.32. The molecule has 1 fully saturated rings. The highest BCUT2D eigenvalue weighted by Crippen LogP contribution is 2.38. The zero-order valence-electron chi connectivity index (χ0n) is 13.1. The van der Waals surface area contributed by atoms with Gasteiger partial charge in [-0.05, 0) is 36.6 Å². The van der Waals surface area contributed by atoms with E-state index in [4.69, 9.17) is 4.74 Å². The van der Waals surface area contributed by atoms with Gasteiger partial charge in [0.1, 0.15) is 6.10 Å². The normalized spacial score (nSPS) is 19.8. The summed E-state index contributed by atoms with van der Waals surface area (Å²) in [6.07, 6.45) is 7.60. The summed E-state index contributed by atoms with van der Waals surface area (Å²) in [6, 6.07) is 12.3. The molecule has 0 spiro atoms. The smallest absolute Gasteiger partial charge is 0.310 e. The minimum absolute atomic E-state index is 0.0607. The second-order valence-corrected chi connectivity index (χ2v) is 7.42. The number of ether oxygens (including phenoxy) is 1. The first-order chi connectivity index (χ1) is 11.8. The molecule has 4 rings (SSSR count). The maximum atomic E-state index is 12.2. The Kier molecular flexibility index (Phi) is 4.26. The van der Waals surface area contributed by atoms with Crippen molar-refractivity contribution in [3.05, 3.63) is 60.6 Å². The Bertz CT molecular complexity index is 841. The molecule has 0 amide bonds. The number of thioether (sulfide) groups is 1. The number of fused-ring (bicyclic) bond motifs is 1. The lowest BCUT2D eigenvalue weighted by Crippen LogP contribution is -2.35. The minimum Gasteiger partial charge on any atom is -0.462 e. The maximum absolute atomic E-state index is 12.2. The van der Waals surface area contributed by atoms with E-state index < -0.39 is 0 Å². The summed E-state index contributed by atoms with van der Waals surface area (Å²) < 4.78 is 5.59. The number of aromatic amines is 1. The molecular formula is C19H18N2O2S. The third-order valence-corrected chi connectivity index (χ3v) is 5.56. The van der Waals surface area contributed by atoms with Gasteiger partial charge in [0, 0.05) is 27.9 Å². The van der Waals surface area contributed by atoms with E-state index in [1.807, 2.05) is 30.1 Å². The van der Waals surface area contributed by atoms with Crippen LogP contribution in [-0.4, -0.2) is 27.3 Å². The highest BCUT2D eigenvalue weighted by atomic mass is 32.2. The Hall–Kier alpha value is -2.27. The summed E-state index contributed by atoms with van der Waals surface area (Å²) in [5.74, 6) is -0.152. The Labute approximate surface area is 144 Å². The third kappa shape index (κ3) is 3.31. The average Bonchev–Trinajstić information content (AvgIpc) is 2.97. The molecule has 5 heteroatoms. The van der Waals surface area contributed by atoms with E-state index in [-0.39, 0.29) is 12.1 Å². The van der Waals surface area contributed by atoms with Gasteiger partial charge in [0.15, 0.2) is 0 Å². The summed E-state index contributed by atoms with van der Waals surface area (Å²) in [7, 11) is 0. The monoisotopic (exact) mass is 338 g/mol. The van der Waals surface area contributed by atoms with Crippen molar-refractivity contribution in [3.8, 4) is 0 Å². The van der Waals surface area contributed by atoms with Crippen LogP contribution < -0.4 is 0 Å². The van der Waals surface area contributed by atoms with Gasteiger partial charge in [-0.3, -0.25) is 9.78 Å². The molecule has 1 aliphatic carbocycles. The quantitative estimate of drug-likeness (QED) is 0.715. The van der Waals surface area contributed by atoms with E-state index in [2.05, 4.69) is 34.2 Å². The number of rotatable bonds is 5. The fourth-order valence-corrected chi connectivity index (χ4v) is 4.28. The van der Waals surface area contributed by atoms with Crippen molar-refractivity contribution < 1.29 is 9.53 Å². The third-order valence-electron chi connectivity index (χ3n) is 4.30. The van der Waals surface area contributed by atoms with Gasteiger partial charge in [-0.25, -0.2) is 0 Å². The van der Waals surface area contributed by atoms with Gasteiger partial charge in [-0.2, -0.15) is 0 Å². The number of hydrogen-bond donors (Lipinski definition) is 1. The molecule has 2 heterocycles. The number of carbonyl (C=O) groups excluding carboxylic acids is 1. The van der Waals surface area contributed by atoms with Crippen LogP contribution in [0.2, 0.25) is 0 Å². The fourth-order valence-electron chi connectivity index (χ4n) is 2.96. The van der Waals surface area contributed by atoms with Gasteiger partial charge in [0.2, 0.25) is 0 Å². The first-order valence-electron chi connectivity index (χ1n) is 8.09. The van der Waals surface area contributed by atoms with E-state index >= 15 is 0 Å². The molecule has 1 aromatic carbocycles. The van der Waals surface area contributed by atoms with Crippen molar-refractivity contribution in [1.29, 1.82) is 0 Å². The van der Waals surface area contributed by atoms with E-state index in [1.54, 1.807) is 12.4 Å². The average molecular weight is 338 g/mol. The fraction of sp³-hybridized carbons (Fsp3) is 0.263. The van der Waals surface area contributed by atoms with Gasteiger partial charge >= 0.3 is 5.97 Å². The van der Waals surface area contributed by atoms with E-state index in [9.17, 15) is 4.79 Å². The van der Waals surface area contributed by atoms with Crippen LogP contribution in [0.5, 0.6) is 0 Å². The zero-order valence-corrected chi connectivity index (χ0v) is 14.0. The highest BCUT2D eigenvalue weighted by molar-refractivity contribution is 8.00. The predicted octanol–water partition coefficient (Wildman–Crippen LogP) is 3.97. The van der Waals surface area contributed by atoms with Gasteiger partial charge in [0.05, 0.1) is 18.1 Å². The van der Waals surface area contributed by atoms with Crippen LogP contribution in [0.25, 0.3) is 10.9 Å². The standard InChI is InChI=1S/C19H18N2O2S/c22-19(8-13-11-21-18-12-20-7-6-17(13)18)23-14-9-16(10-14)24-15-4-2-1-3-5-15/h1-7,11-12,14,16,21H,8-10H2. The molecule has 0 atom stereocenters. The molecule has 2 aromatic heterocycles. The molecule has 24 heavy (non-hydrogen) atoms. The van der Waals surface area contributed by atoms with Crippen LogP contribution in [0.4, 0.5) is 0 Å². The van der Waals surface area contributed by atoms with Crippen molar-refractivity contribution in [2.24, 2.45) is 0 Å². The molecule has 1 aliphatic rings. The molecular weight excluding hydrogens is 320 g/mol. The number of esters is 1. The predicted molar refractivity (Wildman–Crippen MR) is 95.0 cm³/mol. The van der Waals surface area contributed by atoms with E-state index in [0.29, 0.717) is 11.7 Å². The van der Waals surface area contributed by atoms with Crippen LogP contribution in [-0.2, 0) is 16.0 Å². The number of benzene rings is 1. The van der Waals surface area contributed by atoms with Crippen LogP contribution >= 0.6 is 11.8 Å². The van der Waals surface area contributed by atoms with Crippen LogP contribution in [0.3, 0.4) is 0 Å². The van der Waals surface area contributed by atoms with E-state index in [1.165, 1.54) is 4.90 Å². The van der Waals surface area contributed by atoms with Crippen molar-refractivity contribution in [2.45, 2.75) is 35.5 Å². The molecule has 0 bridgehead atoms. The van der Waals surface area contributed by atoms with E-state index in [0.717, 1.165) is 29.3 Å². The molecule has 122 valence electrons. The molecule has 1 N–H and O–H groups in total. The summed E-state index contributed by atoms with van der Waals surface area (Å²) in [4.78, 5) is 20.6. The van der Waals surface area contributed by atoms with Gasteiger partial charge in [-0.15, -0.1) is 11.8 Å². The Morgan fingerprint density at radius 3 is 2.92 bits per heavy atom. The lowest BCUT2D eigenvalue weighted by Gasteiger charge is -2.34. The van der Waals surface area contributed by atoms with Crippen molar-refractivity contribution in [2.75, 3.05) is 0 Å². The number of pyridine rings is 1. The van der Waals surface area contributed by atoms with Gasteiger partial charge in [-0.1, -0.05) is 18.2 Å². The second kappa shape index (κ2) is 6.69. The molecule has 3 aromatic rings. The van der Waals surface area contributed by atoms with Crippen LogP contribution in [0.15, 0.2) is 59.9 Å². The topological polar surface area (TPSA) is 55.0 Å². The Morgan fingerprint density at radius 1 is 1.25 bits per heavy atom. The lowest BCUT2D eigenvalue weighted by atomic mass is 9.95. The molecule has 0 aliphatic heterocycles. The number of hydrogen-bond acceptors (Lipinski definition) is 4. The molecule has 0 saturated heterocycles. The molecule has 0 unspecified atom stereocenters. The first kappa shape index (κ1) is 15.3. The van der Waals surface area contributed by atoms with Crippen LogP contribution in [0.1, 0.15) is 18.4 Å². The summed E-state index contributed by atoms with van der Waals surface area (Å²) in [5, 5.41) is 1.58. The first-order valence-corrected chi connectivity index (χ1v) is 8.97.